The molecule has 6 nitrogen and oxygen atoms in total. The van der Waals surface area contributed by atoms with E-state index in [0.717, 1.165) is 24.0 Å². The number of carbonyl (C=O) groups is 1. The topological polar surface area (TPSA) is 82.4 Å². The third kappa shape index (κ3) is 3.64. The van der Waals surface area contributed by atoms with Crippen LogP contribution in [0.2, 0.25) is 0 Å². The van der Waals surface area contributed by atoms with Crippen LogP contribution in [0.15, 0.2) is 82.5 Å². The number of rotatable bonds is 5. The van der Waals surface area contributed by atoms with Gasteiger partial charge in [0, 0.05) is 17.5 Å². The van der Waals surface area contributed by atoms with Crippen molar-refractivity contribution in [3.05, 3.63) is 105 Å². The summed E-state index contributed by atoms with van der Waals surface area (Å²) in [7, 11) is -4.29. The number of nitrogens with zero attached hydrogens (tertiary/aromatic N) is 1. The van der Waals surface area contributed by atoms with Crippen molar-refractivity contribution in [2.75, 3.05) is 0 Å². The first-order chi connectivity index (χ1) is 15.9. The normalized spacial score (nSPS) is 13.1. The van der Waals surface area contributed by atoms with Crippen LogP contribution in [0.4, 0.5) is 0 Å². The molecule has 1 aliphatic rings. The molecule has 4 aromatic rings. The molecule has 0 unspecified atom stereocenters. The molecule has 1 aromatic heterocycles. The Hall–Kier alpha value is -3.71. The van der Waals surface area contributed by atoms with Crippen LogP contribution in [0.1, 0.15) is 33.5 Å². The lowest BCUT2D eigenvalue weighted by molar-refractivity contribution is 0.103. The molecule has 0 atom stereocenters. The number of hydrogen-bond donors (Lipinski definition) is 0. The maximum Gasteiger partial charge on any atom is 0.339 e. The third-order valence-electron chi connectivity index (χ3n) is 5.91. The SMILES string of the molecule is Cc1ccc(S(=O)(=O)Oc2c(C(=O)c3ccccc3)c(=O)n3c4c(cccc24)CCC3)cc1. The minimum absolute atomic E-state index is 0.0493. The van der Waals surface area contributed by atoms with Crippen molar-refractivity contribution < 1.29 is 17.4 Å². The zero-order chi connectivity index (χ0) is 23.2. The van der Waals surface area contributed by atoms with Gasteiger partial charge in [0.2, 0.25) is 5.78 Å². The Labute approximate surface area is 191 Å². The lowest BCUT2D eigenvalue weighted by Crippen LogP contribution is -2.31. The molecule has 7 heteroatoms. The van der Waals surface area contributed by atoms with Crippen molar-refractivity contribution in [3.8, 4) is 5.75 Å². The Balaban J connectivity index is 1.80. The highest BCUT2D eigenvalue weighted by Gasteiger charge is 2.30. The summed E-state index contributed by atoms with van der Waals surface area (Å²) in [5.74, 6) is -0.791. The Bertz CT molecular complexity index is 1550. The van der Waals surface area contributed by atoms with E-state index >= 15 is 0 Å². The van der Waals surface area contributed by atoms with Crippen LogP contribution in [-0.4, -0.2) is 18.8 Å². The average Bonchev–Trinajstić information content (AvgIpc) is 2.83. The van der Waals surface area contributed by atoms with E-state index in [4.69, 9.17) is 4.18 Å². The van der Waals surface area contributed by atoms with Crippen LogP contribution in [-0.2, 0) is 23.1 Å². The summed E-state index contributed by atoms with van der Waals surface area (Å²) in [5.41, 5.74) is 1.90. The minimum atomic E-state index is -4.29. The summed E-state index contributed by atoms with van der Waals surface area (Å²) in [6.07, 6.45) is 1.51. The number of pyridine rings is 1. The third-order valence-corrected chi connectivity index (χ3v) is 7.15. The molecule has 0 N–H and O–H groups in total. The van der Waals surface area contributed by atoms with Gasteiger partial charge in [-0.15, -0.1) is 0 Å². The molecule has 0 amide bonds. The summed E-state index contributed by atoms with van der Waals surface area (Å²) < 4.78 is 33.6. The molecule has 0 aliphatic carbocycles. The van der Waals surface area contributed by atoms with Crippen molar-refractivity contribution in [1.29, 1.82) is 0 Å². The maximum atomic E-state index is 13.6. The van der Waals surface area contributed by atoms with Crippen LogP contribution in [0.5, 0.6) is 5.75 Å². The Morgan fingerprint density at radius 3 is 2.39 bits per heavy atom. The highest BCUT2D eigenvalue weighted by Crippen LogP contribution is 2.35. The van der Waals surface area contributed by atoms with Gasteiger partial charge in [0.25, 0.3) is 5.56 Å². The zero-order valence-corrected chi connectivity index (χ0v) is 18.8. The van der Waals surface area contributed by atoms with Gasteiger partial charge in [-0.05, 0) is 43.5 Å². The molecule has 0 spiro atoms. The summed E-state index contributed by atoms with van der Waals surface area (Å²) in [4.78, 5) is 27.0. The van der Waals surface area contributed by atoms with Gasteiger partial charge in [-0.1, -0.05) is 60.2 Å². The van der Waals surface area contributed by atoms with E-state index in [1.54, 1.807) is 59.2 Å². The lowest BCUT2D eigenvalue weighted by atomic mass is 9.96. The second kappa shape index (κ2) is 8.01. The molecule has 33 heavy (non-hydrogen) atoms. The fraction of sp³-hybridized carbons (Fsp3) is 0.154. The Morgan fingerprint density at radius 1 is 0.939 bits per heavy atom. The maximum absolute atomic E-state index is 13.6. The molecule has 0 bridgehead atoms. The van der Waals surface area contributed by atoms with Crippen molar-refractivity contribution in [2.45, 2.75) is 31.2 Å². The Kier molecular flexibility index (Phi) is 5.13. The quantitative estimate of drug-likeness (QED) is 0.329. The number of aromatic nitrogens is 1. The van der Waals surface area contributed by atoms with Gasteiger partial charge in [-0.25, -0.2) is 0 Å². The number of benzene rings is 3. The molecule has 0 saturated carbocycles. The van der Waals surface area contributed by atoms with Gasteiger partial charge in [-0.3, -0.25) is 9.59 Å². The van der Waals surface area contributed by atoms with E-state index in [0.29, 0.717) is 17.4 Å². The van der Waals surface area contributed by atoms with Gasteiger partial charge in [0.05, 0.1) is 5.52 Å². The van der Waals surface area contributed by atoms with E-state index < -0.39 is 21.5 Å². The predicted octanol–water partition coefficient (Wildman–Crippen LogP) is 4.25. The molecule has 1 aliphatic heterocycles. The van der Waals surface area contributed by atoms with Gasteiger partial charge >= 0.3 is 10.1 Å². The van der Waals surface area contributed by atoms with Crippen LogP contribution in [0.25, 0.3) is 10.9 Å². The largest absolute Gasteiger partial charge is 0.377 e. The number of hydrogen-bond acceptors (Lipinski definition) is 5. The first-order valence-corrected chi connectivity index (χ1v) is 12.1. The van der Waals surface area contributed by atoms with E-state index in [1.165, 1.54) is 12.1 Å². The summed E-state index contributed by atoms with van der Waals surface area (Å²) >= 11 is 0. The number of para-hydroxylation sites is 1. The van der Waals surface area contributed by atoms with Crippen molar-refractivity contribution in [1.82, 2.24) is 4.57 Å². The summed E-state index contributed by atoms with van der Waals surface area (Å²) in [6, 6.07) is 20.0. The van der Waals surface area contributed by atoms with Gasteiger partial charge in [-0.2, -0.15) is 8.42 Å². The van der Waals surface area contributed by atoms with Crippen molar-refractivity contribution in [2.24, 2.45) is 0 Å². The van der Waals surface area contributed by atoms with Crippen LogP contribution >= 0.6 is 0 Å². The lowest BCUT2D eigenvalue weighted by Gasteiger charge is -2.22. The Morgan fingerprint density at radius 2 is 1.67 bits per heavy atom. The standard InChI is InChI=1S/C26H21NO5S/c1-17-12-14-20(15-13-17)33(30,31)32-25-21-11-5-9-18-10-6-16-27(23(18)21)26(29)22(25)24(28)19-7-3-2-4-8-19/h2-5,7-9,11-15H,6,10,16H2,1H3. The summed E-state index contributed by atoms with van der Waals surface area (Å²) in [5, 5.41) is 0.432. The monoisotopic (exact) mass is 459 g/mol. The second-order valence-electron chi connectivity index (χ2n) is 8.12. The fourth-order valence-corrected chi connectivity index (χ4v) is 5.25. The smallest absolute Gasteiger partial charge is 0.339 e. The molecule has 5 rings (SSSR count). The molecule has 3 aromatic carbocycles. The number of carbonyl (C=O) groups excluding carboxylic acids is 1. The van der Waals surface area contributed by atoms with E-state index in [-0.39, 0.29) is 21.8 Å². The second-order valence-corrected chi connectivity index (χ2v) is 9.67. The minimum Gasteiger partial charge on any atom is -0.377 e. The first-order valence-electron chi connectivity index (χ1n) is 10.7. The van der Waals surface area contributed by atoms with Gasteiger partial charge < -0.3 is 8.75 Å². The van der Waals surface area contributed by atoms with Gasteiger partial charge in [0.1, 0.15) is 10.5 Å². The predicted molar refractivity (Wildman–Crippen MR) is 125 cm³/mol. The van der Waals surface area contributed by atoms with Gasteiger partial charge in [0.15, 0.2) is 5.75 Å². The molecular formula is C26H21NO5S. The fourth-order valence-electron chi connectivity index (χ4n) is 4.29. The molecule has 0 saturated heterocycles. The van der Waals surface area contributed by atoms with Crippen molar-refractivity contribution >= 4 is 26.8 Å². The van der Waals surface area contributed by atoms with Crippen LogP contribution in [0, 0.1) is 6.92 Å². The summed E-state index contributed by atoms with van der Waals surface area (Å²) in [6.45, 7) is 2.30. The zero-order valence-electron chi connectivity index (χ0n) is 17.9. The molecular weight excluding hydrogens is 438 g/mol. The molecule has 0 radical (unpaired) electrons. The average molecular weight is 460 g/mol. The first kappa shape index (κ1) is 21.2. The van der Waals surface area contributed by atoms with Crippen LogP contribution < -0.4 is 9.74 Å². The van der Waals surface area contributed by atoms with E-state index in [2.05, 4.69) is 0 Å². The number of ketones is 1. The molecule has 0 fully saturated rings. The highest BCUT2D eigenvalue weighted by molar-refractivity contribution is 7.87. The van der Waals surface area contributed by atoms with Crippen LogP contribution in [0.3, 0.4) is 0 Å². The van der Waals surface area contributed by atoms with E-state index in [1.807, 2.05) is 13.0 Å². The number of aryl methyl sites for hydroxylation is 3. The highest BCUT2D eigenvalue weighted by atomic mass is 32.2. The van der Waals surface area contributed by atoms with E-state index in [9.17, 15) is 18.0 Å². The molecule has 166 valence electrons. The molecule has 2 heterocycles. The van der Waals surface area contributed by atoms with Crippen molar-refractivity contribution in [3.63, 3.8) is 0 Å².